The molecule has 0 radical (unpaired) electrons. The first-order valence-electron chi connectivity index (χ1n) is 10.6. The third-order valence-electron chi connectivity index (χ3n) is 4.78. The second-order valence-electron chi connectivity index (χ2n) is 7.24. The third-order valence-corrected chi connectivity index (χ3v) is 5.03. The molecule has 0 fully saturated rings. The minimum atomic E-state index is 0.0394. The maximum absolute atomic E-state index is 10.6. The first kappa shape index (κ1) is 24.1. The number of ether oxygens (including phenoxy) is 1. The summed E-state index contributed by atoms with van der Waals surface area (Å²) in [6.45, 7) is 6.81. The van der Waals surface area contributed by atoms with Crippen LogP contribution in [0.5, 0.6) is 5.75 Å². The monoisotopic (exact) mass is 467 g/mol. The van der Waals surface area contributed by atoms with Gasteiger partial charge in [0.15, 0.2) is 5.82 Å². The zero-order valence-electron chi connectivity index (χ0n) is 18.8. The van der Waals surface area contributed by atoms with Crippen LogP contribution < -0.4 is 10.1 Å². The summed E-state index contributed by atoms with van der Waals surface area (Å²) in [7, 11) is 0. The van der Waals surface area contributed by atoms with Gasteiger partial charge in [-0.3, -0.25) is 14.4 Å². The second kappa shape index (κ2) is 11.4. The van der Waals surface area contributed by atoms with E-state index in [-0.39, 0.29) is 5.91 Å². The summed E-state index contributed by atoms with van der Waals surface area (Å²) in [6.07, 6.45) is 1.20. The van der Waals surface area contributed by atoms with Crippen molar-refractivity contribution in [3.8, 4) is 11.4 Å². The molecule has 0 saturated carbocycles. The number of amides is 1. The fourth-order valence-corrected chi connectivity index (χ4v) is 3.50. The number of aryl methyl sites for hydroxylation is 1. The lowest BCUT2D eigenvalue weighted by atomic mass is 10.00. The predicted octanol–water partition coefficient (Wildman–Crippen LogP) is 3.69. The van der Waals surface area contributed by atoms with E-state index in [0.29, 0.717) is 30.3 Å². The Morgan fingerprint density at radius 3 is 2.61 bits per heavy atom. The number of aromatic nitrogens is 3. The Hall–Kier alpha value is -3.52. The quantitative estimate of drug-likeness (QED) is 0.440. The van der Waals surface area contributed by atoms with Gasteiger partial charge in [-0.15, -0.1) is 10.2 Å². The predicted molar refractivity (Wildman–Crippen MR) is 127 cm³/mol. The Morgan fingerprint density at radius 1 is 1.21 bits per heavy atom. The molecule has 0 atom stereocenters. The van der Waals surface area contributed by atoms with Crippen molar-refractivity contribution in [2.24, 2.45) is 4.99 Å². The number of hydrogen-bond donors (Lipinski definition) is 1. The highest BCUT2D eigenvalue weighted by Crippen LogP contribution is 2.29. The van der Waals surface area contributed by atoms with E-state index in [1.165, 1.54) is 6.92 Å². The largest absolute Gasteiger partial charge is 0.493 e. The second-order valence-corrected chi connectivity index (χ2v) is 7.68. The van der Waals surface area contributed by atoms with Crippen LogP contribution >= 0.6 is 11.6 Å². The molecule has 33 heavy (non-hydrogen) atoms. The Bertz CT molecular complexity index is 1160. The topological polar surface area (TPSA) is 98.5 Å². The van der Waals surface area contributed by atoms with Gasteiger partial charge < -0.3 is 14.8 Å². The molecule has 8 nitrogen and oxygen atoms in total. The SMILES string of the molecule is CCNC(C)=O.Cc1nnc2n1-c1ccc(OCCC=O)cc1C(c1ccc(Cl)cc1)=NC2. The molecule has 2 aromatic carbocycles. The highest BCUT2D eigenvalue weighted by atomic mass is 35.5. The molecule has 1 N–H and O–H groups in total. The summed E-state index contributed by atoms with van der Waals surface area (Å²) in [6, 6.07) is 13.4. The average molecular weight is 468 g/mol. The summed E-state index contributed by atoms with van der Waals surface area (Å²) in [5.74, 6) is 2.31. The molecule has 0 bridgehead atoms. The van der Waals surface area contributed by atoms with Crippen molar-refractivity contribution < 1.29 is 14.3 Å². The summed E-state index contributed by atoms with van der Waals surface area (Å²) in [4.78, 5) is 25.3. The standard InChI is InChI=1S/C20H17ClN4O2.C4H9NO/c1-13-23-24-19-12-22-20(14-3-5-15(21)6-4-14)17-11-16(27-10-2-9-26)7-8-18(17)25(13)19;1-3-5-4(2)6/h3-9,11H,2,10,12H2,1H3;3H2,1-2H3,(H,5,6). The fraction of sp³-hybridized carbons (Fsp3) is 0.292. The highest BCUT2D eigenvalue weighted by molar-refractivity contribution is 6.30. The van der Waals surface area contributed by atoms with E-state index < -0.39 is 0 Å². The van der Waals surface area contributed by atoms with Crippen LogP contribution in [0.4, 0.5) is 0 Å². The smallest absolute Gasteiger partial charge is 0.216 e. The summed E-state index contributed by atoms with van der Waals surface area (Å²) in [5, 5.41) is 11.7. The van der Waals surface area contributed by atoms with Crippen molar-refractivity contribution in [1.29, 1.82) is 0 Å². The van der Waals surface area contributed by atoms with Crippen LogP contribution in [0.3, 0.4) is 0 Å². The maximum Gasteiger partial charge on any atom is 0.216 e. The van der Waals surface area contributed by atoms with Crippen LogP contribution in [0.1, 0.15) is 43.0 Å². The Balaban J connectivity index is 0.000000454. The van der Waals surface area contributed by atoms with Crippen LogP contribution in [0.25, 0.3) is 5.69 Å². The molecule has 0 spiro atoms. The minimum absolute atomic E-state index is 0.0394. The summed E-state index contributed by atoms with van der Waals surface area (Å²) >= 11 is 6.04. The molecule has 4 rings (SSSR count). The molecule has 1 amide bonds. The minimum Gasteiger partial charge on any atom is -0.493 e. The summed E-state index contributed by atoms with van der Waals surface area (Å²) < 4.78 is 7.72. The maximum atomic E-state index is 10.6. The molecular weight excluding hydrogens is 442 g/mol. The van der Waals surface area contributed by atoms with E-state index in [0.717, 1.165) is 47.0 Å². The molecule has 0 aliphatic carbocycles. The number of hydrogen-bond acceptors (Lipinski definition) is 6. The number of nitrogens with zero attached hydrogens (tertiary/aromatic N) is 4. The fourth-order valence-electron chi connectivity index (χ4n) is 3.37. The zero-order chi connectivity index (χ0) is 23.8. The lowest BCUT2D eigenvalue weighted by Gasteiger charge is -2.14. The Kier molecular flexibility index (Phi) is 8.32. The van der Waals surface area contributed by atoms with Crippen molar-refractivity contribution in [3.63, 3.8) is 0 Å². The Morgan fingerprint density at radius 2 is 1.97 bits per heavy atom. The molecule has 1 aromatic heterocycles. The Labute approximate surface area is 197 Å². The van der Waals surface area contributed by atoms with Gasteiger partial charge in [0.2, 0.25) is 5.91 Å². The number of aldehydes is 1. The van der Waals surface area contributed by atoms with Gasteiger partial charge in [-0.2, -0.15) is 0 Å². The van der Waals surface area contributed by atoms with Crippen molar-refractivity contribution >= 4 is 29.5 Å². The van der Waals surface area contributed by atoms with Gasteiger partial charge in [0.25, 0.3) is 0 Å². The van der Waals surface area contributed by atoms with Crippen molar-refractivity contribution in [3.05, 3.63) is 70.3 Å². The average Bonchev–Trinajstić information content (AvgIpc) is 3.07. The van der Waals surface area contributed by atoms with Gasteiger partial charge in [-0.25, -0.2) is 0 Å². The first-order valence-corrected chi connectivity index (χ1v) is 11.0. The van der Waals surface area contributed by atoms with E-state index in [4.69, 9.17) is 21.3 Å². The zero-order valence-corrected chi connectivity index (χ0v) is 19.6. The van der Waals surface area contributed by atoms with Crippen molar-refractivity contribution in [2.75, 3.05) is 13.2 Å². The van der Waals surface area contributed by atoms with Gasteiger partial charge in [0, 0.05) is 36.0 Å². The molecule has 1 aliphatic rings. The number of nitrogens with one attached hydrogen (secondary N) is 1. The van der Waals surface area contributed by atoms with Crippen LogP contribution in [-0.2, 0) is 16.1 Å². The van der Waals surface area contributed by atoms with Gasteiger partial charge >= 0.3 is 0 Å². The number of fused-ring (bicyclic) bond motifs is 3. The molecule has 2 heterocycles. The molecule has 0 saturated heterocycles. The molecule has 172 valence electrons. The van der Waals surface area contributed by atoms with E-state index in [2.05, 4.69) is 15.5 Å². The van der Waals surface area contributed by atoms with Gasteiger partial charge in [0.1, 0.15) is 24.4 Å². The van der Waals surface area contributed by atoms with Crippen molar-refractivity contribution in [2.45, 2.75) is 33.7 Å². The highest BCUT2D eigenvalue weighted by Gasteiger charge is 2.22. The van der Waals surface area contributed by atoms with Crippen LogP contribution in [0, 0.1) is 6.92 Å². The third kappa shape index (κ3) is 6.04. The first-order chi connectivity index (χ1) is 15.9. The number of benzene rings is 2. The van der Waals surface area contributed by atoms with Gasteiger partial charge in [-0.1, -0.05) is 23.7 Å². The molecule has 3 aromatic rings. The molecule has 0 unspecified atom stereocenters. The van der Waals surface area contributed by atoms with E-state index in [1.54, 1.807) is 0 Å². The number of carbonyl (C=O) groups excluding carboxylic acids is 2. The molecule has 9 heteroatoms. The van der Waals surface area contributed by atoms with Crippen LogP contribution in [-0.4, -0.2) is 45.8 Å². The summed E-state index contributed by atoms with van der Waals surface area (Å²) in [5.41, 5.74) is 3.67. The normalized spacial score (nSPS) is 11.7. The van der Waals surface area contributed by atoms with Gasteiger partial charge in [0.05, 0.1) is 18.0 Å². The van der Waals surface area contributed by atoms with E-state index >= 15 is 0 Å². The van der Waals surface area contributed by atoms with E-state index in [1.807, 2.05) is 60.9 Å². The number of halogens is 1. The van der Waals surface area contributed by atoms with Crippen LogP contribution in [0.15, 0.2) is 47.5 Å². The lowest BCUT2D eigenvalue weighted by molar-refractivity contribution is -0.118. The lowest BCUT2D eigenvalue weighted by Crippen LogP contribution is -2.18. The van der Waals surface area contributed by atoms with E-state index in [9.17, 15) is 9.59 Å². The molecular formula is C24H26ClN5O3. The number of aliphatic imine (C=N–C) groups is 1. The van der Waals surface area contributed by atoms with Crippen molar-refractivity contribution in [1.82, 2.24) is 20.1 Å². The van der Waals surface area contributed by atoms with Gasteiger partial charge in [-0.05, 0) is 44.2 Å². The van der Waals surface area contributed by atoms with Crippen LogP contribution in [0.2, 0.25) is 5.02 Å². The number of carbonyl (C=O) groups is 2. The number of rotatable bonds is 6. The molecule has 1 aliphatic heterocycles.